The van der Waals surface area contributed by atoms with Gasteiger partial charge in [0, 0.05) is 11.9 Å². The zero-order valence-electron chi connectivity index (χ0n) is 14.8. The van der Waals surface area contributed by atoms with Gasteiger partial charge >= 0.3 is 0 Å². The summed E-state index contributed by atoms with van der Waals surface area (Å²) in [6.07, 6.45) is 1.53. The number of nitrogens with one attached hydrogen (secondary N) is 2. The summed E-state index contributed by atoms with van der Waals surface area (Å²) < 4.78 is 5.14. The maximum Gasteiger partial charge on any atom is 0.257 e. The molecule has 136 valence electrons. The van der Waals surface area contributed by atoms with Crippen LogP contribution < -0.4 is 15.4 Å². The van der Waals surface area contributed by atoms with Gasteiger partial charge in [-0.2, -0.15) is 0 Å². The Morgan fingerprint density at radius 3 is 2.26 bits per heavy atom. The predicted octanol–water partition coefficient (Wildman–Crippen LogP) is 3.20. The van der Waals surface area contributed by atoms with Crippen molar-refractivity contribution < 1.29 is 14.3 Å². The fourth-order valence-corrected chi connectivity index (χ4v) is 2.62. The summed E-state index contributed by atoms with van der Waals surface area (Å²) in [5.74, 6) is -0.592. The molecule has 0 saturated heterocycles. The molecular formula is C21H19N3O3. The van der Waals surface area contributed by atoms with Crippen molar-refractivity contribution in [1.82, 2.24) is 10.3 Å². The highest BCUT2D eigenvalue weighted by Crippen LogP contribution is 2.19. The molecule has 3 aromatic rings. The lowest BCUT2D eigenvalue weighted by atomic mass is 10.1. The van der Waals surface area contributed by atoms with Crippen molar-refractivity contribution in [2.24, 2.45) is 0 Å². The van der Waals surface area contributed by atoms with Crippen molar-refractivity contribution in [3.8, 4) is 5.88 Å². The normalized spacial score (nSPS) is 11.3. The molecule has 1 unspecified atom stereocenters. The van der Waals surface area contributed by atoms with Crippen LogP contribution in [-0.2, 0) is 4.79 Å². The van der Waals surface area contributed by atoms with E-state index in [9.17, 15) is 9.59 Å². The lowest BCUT2D eigenvalue weighted by Gasteiger charge is -2.19. The summed E-state index contributed by atoms with van der Waals surface area (Å²) in [4.78, 5) is 29.6. The van der Waals surface area contributed by atoms with Gasteiger partial charge in [-0.25, -0.2) is 4.98 Å². The molecule has 0 spiro atoms. The van der Waals surface area contributed by atoms with Crippen LogP contribution in [0.5, 0.6) is 5.88 Å². The van der Waals surface area contributed by atoms with E-state index in [4.69, 9.17) is 4.74 Å². The first-order valence-corrected chi connectivity index (χ1v) is 8.40. The third-order valence-electron chi connectivity index (χ3n) is 3.92. The molecule has 0 aliphatic heterocycles. The number of rotatable bonds is 6. The molecule has 6 nitrogen and oxygen atoms in total. The Hall–Kier alpha value is -3.67. The first kappa shape index (κ1) is 18.1. The van der Waals surface area contributed by atoms with Gasteiger partial charge in [0.25, 0.3) is 11.8 Å². The van der Waals surface area contributed by atoms with E-state index in [-0.39, 0.29) is 17.4 Å². The minimum Gasteiger partial charge on any atom is -0.480 e. The highest BCUT2D eigenvalue weighted by atomic mass is 16.5. The Balaban J connectivity index is 1.86. The van der Waals surface area contributed by atoms with E-state index in [1.165, 1.54) is 13.3 Å². The molecule has 0 bridgehead atoms. The van der Waals surface area contributed by atoms with Crippen molar-refractivity contribution >= 4 is 17.5 Å². The highest BCUT2D eigenvalue weighted by Gasteiger charge is 2.25. The van der Waals surface area contributed by atoms with Crippen LogP contribution >= 0.6 is 0 Å². The van der Waals surface area contributed by atoms with Crippen LogP contribution in [0.15, 0.2) is 79.0 Å². The number of benzene rings is 2. The quantitative estimate of drug-likeness (QED) is 0.707. The first-order chi connectivity index (χ1) is 13.2. The van der Waals surface area contributed by atoms with Crippen molar-refractivity contribution in [1.29, 1.82) is 0 Å². The monoisotopic (exact) mass is 361 g/mol. The first-order valence-electron chi connectivity index (χ1n) is 8.40. The van der Waals surface area contributed by atoms with E-state index in [0.717, 1.165) is 0 Å². The minimum atomic E-state index is -0.871. The molecule has 1 aromatic heterocycles. The van der Waals surface area contributed by atoms with Crippen LogP contribution in [0.25, 0.3) is 0 Å². The average Bonchev–Trinajstić information content (AvgIpc) is 2.73. The molecule has 0 saturated carbocycles. The Morgan fingerprint density at radius 1 is 0.926 bits per heavy atom. The van der Waals surface area contributed by atoms with Gasteiger partial charge in [-0.1, -0.05) is 48.5 Å². The number of carbonyl (C=O) groups is 2. The van der Waals surface area contributed by atoms with Gasteiger partial charge in [-0.05, 0) is 29.8 Å². The van der Waals surface area contributed by atoms with E-state index >= 15 is 0 Å². The van der Waals surface area contributed by atoms with Gasteiger partial charge in [-0.3, -0.25) is 9.59 Å². The number of para-hydroxylation sites is 1. The largest absolute Gasteiger partial charge is 0.480 e. The minimum absolute atomic E-state index is 0.199. The highest BCUT2D eigenvalue weighted by molar-refractivity contribution is 6.02. The van der Waals surface area contributed by atoms with Gasteiger partial charge in [0.1, 0.15) is 11.6 Å². The molecule has 6 heteroatoms. The molecule has 2 aromatic carbocycles. The SMILES string of the molecule is COc1ncccc1C(=O)NC(C(=O)Nc1ccccc1)c1ccccc1. The number of nitrogens with zero attached hydrogens (tertiary/aromatic N) is 1. The molecule has 2 amide bonds. The van der Waals surface area contributed by atoms with Crippen LogP contribution in [0.2, 0.25) is 0 Å². The zero-order valence-corrected chi connectivity index (χ0v) is 14.8. The Kier molecular flexibility index (Phi) is 5.79. The molecule has 0 radical (unpaired) electrons. The number of amides is 2. The van der Waals surface area contributed by atoms with E-state index < -0.39 is 11.9 Å². The standard InChI is InChI=1S/C21H19N3O3/c1-27-21-17(13-8-14-22-21)19(25)24-18(15-9-4-2-5-10-15)20(26)23-16-11-6-3-7-12-16/h2-14,18H,1H3,(H,23,26)(H,24,25). The summed E-state index contributed by atoms with van der Waals surface area (Å²) >= 11 is 0. The van der Waals surface area contributed by atoms with Crippen molar-refractivity contribution in [3.63, 3.8) is 0 Å². The summed E-state index contributed by atoms with van der Waals surface area (Å²) in [5, 5.41) is 5.60. The predicted molar refractivity (Wildman–Crippen MR) is 103 cm³/mol. The number of hydrogen-bond donors (Lipinski definition) is 2. The second kappa shape index (κ2) is 8.62. The third kappa shape index (κ3) is 4.49. The Bertz CT molecular complexity index is 914. The van der Waals surface area contributed by atoms with Crippen LogP contribution in [-0.4, -0.2) is 23.9 Å². The molecule has 3 rings (SSSR count). The molecule has 2 N–H and O–H groups in total. The molecule has 1 heterocycles. The molecule has 27 heavy (non-hydrogen) atoms. The number of hydrogen-bond acceptors (Lipinski definition) is 4. The number of methoxy groups -OCH3 is 1. The third-order valence-corrected chi connectivity index (χ3v) is 3.92. The second-order valence-corrected chi connectivity index (χ2v) is 5.73. The van der Waals surface area contributed by atoms with Crippen LogP contribution in [0.3, 0.4) is 0 Å². The Labute approximate surface area is 157 Å². The van der Waals surface area contributed by atoms with Crippen LogP contribution in [0.4, 0.5) is 5.69 Å². The van der Waals surface area contributed by atoms with Gasteiger partial charge in [0.15, 0.2) is 0 Å². The summed E-state index contributed by atoms with van der Waals surface area (Å²) in [6.45, 7) is 0. The summed E-state index contributed by atoms with van der Waals surface area (Å²) in [7, 11) is 1.44. The van der Waals surface area contributed by atoms with E-state index in [1.807, 2.05) is 36.4 Å². The topological polar surface area (TPSA) is 80.3 Å². The number of anilines is 1. The maximum atomic E-state index is 12.9. The molecular weight excluding hydrogens is 342 g/mol. The Morgan fingerprint density at radius 2 is 1.59 bits per heavy atom. The number of ether oxygens (including phenoxy) is 1. The van der Waals surface area contributed by atoms with Gasteiger partial charge < -0.3 is 15.4 Å². The number of pyridine rings is 1. The molecule has 0 aliphatic carbocycles. The van der Waals surface area contributed by atoms with Gasteiger partial charge in [-0.15, -0.1) is 0 Å². The fraction of sp³-hybridized carbons (Fsp3) is 0.0952. The second-order valence-electron chi connectivity index (χ2n) is 5.73. The smallest absolute Gasteiger partial charge is 0.257 e. The lowest BCUT2D eigenvalue weighted by molar-refractivity contribution is -0.118. The van der Waals surface area contributed by atoms with Gasteiger partial charge in [0.2, 0.25) is 5.88 Å². The molecule has 1 atom stereocenters. The van der Waals surface area contributed by atoms with E-state index in [0.29, 0.717) is 11.3 Å². The fourth-order valence-electron chi connectivity index (χ4n) is 2.62. The van der Waals surface area contributed by atoms with Crippen LogP contribution in [0.1, 0.15) is 22.0 Å². The number of aromatic nitrogens is 1. The zero-order chi connectivity index (χ0) is 19.1. The van der Waals surface area contributed by atoms with Gasteiger partial charge in [0.05, 0.1) is 7.11 Å². The summed E-state index contributed by atoms with van der Waals surface area (Å²) in [6, 6.07) is 20.5. The maximum absolute atomic E-state index is 12.9. The molecule has 0 fully saturated rings. The van der Waals surface area contributed by atoms with Crippen LogP contribution in [0, 0.1) is 0 Å². The van der Waals surface area contributed by atoms with E-state index in [1.54, 1.807) is 36.4 Å². The average molecular weight is 361 g/mol. The lowest BCUT2D eigenvalue weighted by Crippen LogP contribution is -2.37. The van der Waals surface area contributed by atoms with Crippen molar-refractivity contribution in [3.05, 3.63) is 90.1 Å². The van der Waals surface area contributed by atoms with Crippen molar-refractivity contribution in [2.45, 2.75) is 6.04 Å². The number of carbonyl (C=O) groups excluding carboxylic acids is 2. The molecule has 0 aliphatic rings. The summed E-state index contributed by atoms with van der Waals surface area (Å²) in [5.41, 5.74) is 1.58. The van der Waals surface area contributed by atoms with Crippen molar-refractivity contribution in [2.75, 3.05) is 12.4 Å². The van der Waals surface area contributed by atoms with E-state index in [2.05, 4.69) is 15.6 Å².